The highest BCUT2D eigenvalue weighted by molar-refractivity contribution is 7.92. The van der Waals surface area contributed by atoms with E-state index < -0.39 is 15.8 Å². The smallest absolute Gasteiger partial charge is 0.335 e. The number of sulfone groups is 1. The average Bonchev–Trinajstić information content (AvgIpc) is 3.39. The summed E-state index contributed by atoms with van der Waals surface area (Å²) >= 11 is 0. The predicted molar refractivity (Wildman–Crippen MR) is 87.2 cm³/mol. The van der Waals surface area contributed by atoms with E-state index in [1.165, 1.54) is 36.4 Å². The van der Waals surface area contributed by atoms with Gasteiger partial charge in [0.1, 0.15) is 11.2 Å². The molecule has 0 atom stereocenters. The van der Waals surface area contributed by atoms with Crippen LogP contribution in [-0.2, 0) is 9.84 Å². The van der Waals surface area contributed by atoms with Crippen molar-refractivity contribution in [3.8, 4) is 0 Å². The maximum absolute atomic E-state index is 12.6. The van der Waals surface area contributed by atoms with Crippen LogP contribution in [0, 0.1) is 0 Å². The van der Waals surface area contributed by atoms with Gasteiger partial charge in [-0.25, -0.2) is 13.2 Å². The molecule has 1 aliphatic rings. The SMILES string of the molecule is O=C(O)c1ccc2oc3cc(S(=O)(=O)C4CC4)ccc3c(=O)c2c1. The van der Waals surface area contributed by atoms with Crippen molar-refractivity contribution in [3.05, 3.63) is 52.2 Å². The number of hydrogen-bond donors (Lipinski definition) is 1. The molecule has 0 saturated heterocycles. The molecule has 0 radical (unpaired) electrons. The molecule has 0 bridgehead atoms. The molecule has 4 rings (SSSR count). The molecular weight excluding hydrogens is 332 g/mol. The molecule has 6 nitrogen and oxygen atoms in total. The van der Waals surface area contributed by atoms with Gasteiger partial charge in [0.15, 0.2) is 9.84 Å². The summed E-state index contributed by atoms with van der Waals surface area (Å²) in [6.45, 7) is 0. The minimum Gasteiger partial charge on any atom is -0.478 e. The van der Waals surface area contributed by atoms with E-state index in [0.717, 1.165) is 0 Å². The van der Waals surface area contributed by atoms with Gasteiger partial charge in [-0.05, 0) is 43.2 Å². The number of rotatable bonds is 3. The van der Waals surface area contributed by atoms with Gasteiger partial charge in [0, 0.05) is 6.07 Å². The van der Waals surface area contributed by atoms with Crippen molar-refractivity contribution in [1.82, 2.24) is 0 Å². The lowest BCUT2D eigenvalue weighted by atomic mass is 10.1. The lowest BCUT2D eigenvalue weighted by molar-refractivity contribution is 0.0697. The minimum atomic E-state index is -3.38. The molecule has 1 aromatic heterocycles. The standard InChI is InChI=1S/C17H12O6S/c18-16-12-5-4-11(24(21,22)10-2-3-10)8-15(12)23-14-6-1-9(17(19)20)7-13(14)16/h1,4-8,10H,2-3H2,(H,19,20). The molecule has 1 saturated carbocycles. The normalized spacial score (nSPS) is 15.0. The molecule has 1 fully saturated rings. The maximum Gasteiger partial charge on any atom is 0.335 e. The van der Waals surface area contributed by atoms with E-state index in [-0.39, 0.29) is 43.1 Å². The molecule has 122 valence electrons. The van der Waals surface area contributed by atoms with Crippen LogP contribution in [0.2, 0.25) is 0 Å². The summed E-state index contributed by atoms with van der Waals surface area (Å²) in [5.74, 6) is -1.14. The zero-order chi connectivity index (χ0) is 17.1. The summed E-state index contributed by atoms with van der Waals surface area (Å²) in [4.78, 5) is 23.8. The minimum absolute atomic E-state index is 0.0120. The Morgan fingerprint density at radius 2 is 1.79 bits per heavy atom. The van der Waals surface area contributed by atoms with Crippen LogP contribution in [0.3, 0.4) is 0 Å². The van der Waals surface area contributed by atoms with Crippen LogP contribution in [0.1, 0.15) is 23.2 Å². The lowest BCUT2D eigenvalue weighted by Crippen LogP contribution is -2.08. The Morgan fingerprint density at radius 3 is 2.46 bits per heavy atom. The van der Waals surface area contributed by atoms with Crippen molar-refractivity contribution in [2.75, 3.05) is 0 Å². The summed E-state index contributed by atoms with van der Waals surface area (Å²) in [7, 11) is -3.38. The Hall–Kier alpha value is -2.67. The molecule has 1 heterocycles. The van der Waals surface area contributed by atoms with Gasteiger partial charge in [0.05, 0.1) is 26.5 Å². The Morgan fingerprint density at radius 1 is 1.04 bits per heavy atom. The molecule has 0 amide bonds. The molecule has 3 aromatic rings. The Kier molecular flexibility index (Phi) is 3.05. The van der Waals surface area contributed by atoms with Gasteiger partial charge in [0.2, 0.25) is 5.43 Å². The summed E-state index contributed by atoms with van der Waals surface area (Å²) in [5, 5.41) is 9.06. The topological polar surface area (TPSA) is 102 Å². The van der Waals surface area contributed by atoms with Crippen LogP contribution in [0.25, 0.3) is 21.9 Å². The first-order valence-corrected chi connectivity index (χ1v) is 8.90. The third-order valence-corrected chi connectivity index (χ3v) is 6.44. The Labute approximate surface area is 136 Å². The largest absolute Gasteiger partial charge is 0.478 e. The van der Waals surface area contributed by atoms with Crippen LogP contribution in [0.5, 0.6) is 0 Å². The zero-order valence-electron chi connectivity index (χ0n) is 12.4. The highest BCUT2D eigenvalue weighted by Gasteiger charge is 2.37. The Bertz CT molecular complexity index is 1170. The van der Waals surface area contributed by atoms with E-state index >= 15 is 0 Å². The van der Waals surface area contributed by atoms with E-state index in [1.54, 1.807) is 0 Å². The highest BCUT2D eigenvalue weighted by atomic mass is 32.2. The molecule has 24 heavy (non-hydrogen) atoms. The first kappa shape index (κ1) is 14.9. The van der Waals surface area contributed by atoms with Gasteiger partial charge in [-0.3, -0.25) is 4.79 Å². The fraction of sp³-hybridized carbons (Fsp3) is 0.176. The first-order chi connectivity index (χ1) is 11.4. The van der Waals surface area contributed by atoms with Gasteiger partial charge >= 0.3 is 5.97 Å². The van der Waals surface area contributed by atoms with Crippen molar-refractivity contribution in [3.63, 3.8) is 0 Å². The van der Waals surface area contributed by atoms with Crippen LogP contribution in [0.15, 0.2) is 50.5 Å². The highest BCUT2D eigenvalue weighted by Crippen LogP contribution is 2.34. The Balaban J connectivity index is 1.99. The zero-order valence-corrected chi connectivity index (χ0v) is 13.2. The monoisotopic (exact) mass is 344 g/mol. The van der Waals surface area contributed by atoms with Crippen molar-refractivity contribution >= 4 is 37.7 Å². The van der Waals surface area contributed by atoms with Crippen LogP contribution in [0.4, 0.5) is 0 Å². The molecule has 1 N–H and O–H groups in total. The summed E-state index contributed by atoms with van der Waals surface area (Å²) in [5.41, 5.74) is 0.00238. The quantitative estimate of drug-likeness (QED) is 0.733. The van der Waals surface area contributed by atoms with E-state index in [2.05, 4.69) is 0 Å². The third kappa shape index (κ3) is 2.20. The molecule has 0 unspecified atom stereocenters. The van der Waals surface area contributed by atoms with Gasteiger partial charge in [-0.2, -0.15) is 0 Å². The van der Waals surface area contributed by atoms with Gasteiger partial charge in [-0.1, -0.05) is 0 Å². The second-order valence-electron chi connectivity index (χ2n) is 5.85. The van der Waals surface area contributed by atoms with Crippen molar-refractivity contribution < 1.29 is 22.7 Å². The number of carbonyl (C=O) groups is 1. The summed E-state index contributed by atoms with van der Waals surface area (Å²) in [6.07, 6.45) is 1.31. The van der Waals surface area contributed by atoms with E-state index in [4.69, 9.17) is 9.52 Å². The predicted octanol–water partition coefficient (Wildman–Crippen LogP) is 2.58. The molecule has 0 spiro atoms. The van der Waals surface area contributed by atoms with Crippen molar-refractivity contribution in [2.45, 2.75) is 23.0 Å². The van der Waals surface area contributed by atoms with Crippen LogP contribution >= 0.6 is 0 Å². The molecule has 7 heteroatoms. The van der Waals surface area contributed by atoms with Crippen LogP contribution < -0.4 is 5.43 Å². The van der Waals surface area contributed by atoms with Crippen LogP contribution in [-0.4, -0.2) is 24.7 Å². The molecule has 1 aliphatic carbocycles. The number of carboxylic acids is 1. The number of benzene rings is 2. The summed E-state index contributed by atoms with van der Waals surface area (Å²) in [6, 6.07) is 8.20. The molecular formula is C17H12O6S. The van der Waals surface area contributed by atoms with E-state index in [1.807, 2.05) is 0 Å². The van der Waals surface area contributed by atoms with Crippen molar-refractivity contribution in [2.24, 2.45) is 0 Å². The summed E-state index contributed by atoms with van der Waals surface area (Å²) < 4.78 is 30.3. The lowest BCUT2D eigenvalue weighted by Gasteiger charge is -2.06. The van der Waals surface area contributed by atoms with Crippen molar-refractivity contribution in [1.29, 1.82) is 0 Å². The fourth-order valence-electron chi connectivity index (χ4n) is 2.72. The second kappa shape index (κ2) is 4.91. The molecule has 2 aromatic carbocycles. The number of hydrogen-bond acceptors (Lipinski definition) is 5. The first-order valence-electron chi connectivity index (χ1n) is 7.36. The number of carboxylic acid groups (broad SMARTS) is 1. The van der Waals surface area contributed by atoms with Gasteiger partial charge in [0.25, 0.3) is 0 Å². The third-order valence-electron chi connectivity index (χ3n) is 4.18. The van der Waals surface area contributed by atoms with E-state index in [0.29, 0.717) is 12.8 Å². The average molecular weight is 344 g/mol. The van der Waals surface area contributed by atoms with Gasteiger partial charge in [-0.15, -0.1) is 0 Å². The number of aromatic carboxylic acids is 1. The van der Waals surface area contributed by atoms with E-state index in [9.17, 15) is 18.0 Å². The number of fused-ring (bicyclic) bond motifs is 2. The fourth-order valence-corrected chi connectivity index (χ4v) is 4.39. The molecule has 0 aliphatic heterocycles. The maximum atomic E-state index is 12.6. The van der Waals surface area contributed by atoms with Gasteiger partial charge < -0.3 is 9.52 Å². The second-order valence-corrected chi connectivity index (χ2v) is 8.08.